The van der Waals surface area contributed by atoms with E-state index in [0.717, 1.165) is 17.2 Å². The van der Waals surface area contributed by atoms with Crippen molar-refractivity contribution in [1.29, 1.82) is 0 Å². The standard InChI is InChI=1S/C17H15N5O3S/c23-17(15-8-26-9-18-15)19-11-3-1-10(2-4-11)16-20-13-6-5-12(22(24)25)7-14(13)21-16/h1-7,15,18H,8-9H2,(H,19,23)(H,20,21). The second kappa shape index (κ2) is 6.77. The summed E-state index contributed by atoms with van der Waals surface area (Å²) in [4.78, 5) is 30.1. The first-order chi connectivity index (χ1) is 12.6. The molecule has 26 heavy (non-hydrogen) atoms. The zero-order valence-electron chi connectivity index (χ0n) is 13.6. The first-order valence-electron chi connectivity index (χ1n) is 7.97. The van der Waals surface area contributed by atoms with Crippen molar-refractivity contribution in [2.75, 3.05) is 16.9 Å². The maximum atomic E-state index is 12.1. The smallest absolute Gasteiger partial charge is 0.271 e. The van der Waals surface area contributed by atoms with Gasteiger partial charge >= 0.3 is 0 Å². The van der Waals surface area contributed by atoms with Gasteiger partial charge in [-0.3, -0.25) is 20.2 Å². The number of anilines is 1. The van der Waals surface area contributed by atoms with Crippen LogP contribution in [0.5, 0.6) is 0 Å². The highest BCUT2D eigenvalue weighted by Gasteiger charge is 2.22. The Labute approximate surface area is 152 Å². The average molecular weight is 369 g/mol. The largest absolute Gasteiger partial charge is 0.338 e. The second-order valence-corrected chi connectivity index (χ2v) is 6.91. The number of carbonyl (C=O) groups excluding carboxylic acids is 1. The van der Waals surface area contributed by atoms with E-state index >= 15 is 0 Å². The van der Waals surface area contributed by atoms with Crippen molar-refractivity contribution >= 4 is 40.1 Å². The summed E-state index contributed by atoms with van der Waals surface area (Å²) in [5.41, 5.74) is 2.83. The molecule has 2 heterocycles. The first kappa shape index (κ1) is 16.6. The van der Waals surface area contributed by atoms with E-state index in [1.54, 1.807) is 17.8 Å². The molecule has 1 atom stereocenters. The van der Waals surface area contributed by atoms with Gasteiger partial charge in [-0.2, -0.15) is 0 Å². The minimum atomic E-state index is -0.435. The van der Waals surface area contributed by atoms with E-state index in [1.807, 2.05) is 24.3 Å². The molecular weight excluding hydrogens is 354 g/mol. The summed E-state index contributed by atoms with van der Waals surface area (Å²) >= 11 is 1.70. The van der Waals surface area contributed by atoms with E-state index in [1.165, 1.54) is 12.1 Å². The Morgan fingerprint density at radius 3 is 2.77 bits per heavy atom. The monoisotopic (exact) mass is 369 g/mol. The van der Waals surface area contributed by atoms with Gasteiger partial charge in [0.1, 0.15) is 5.82 Å². The molecule has 3 N–H and O–H groups in total. The number of imidazole rings is 1. The van der Waals surface area contributed by atoms with Crippen LogP contribution in [0, 0.1) is 10.1 Å². The number of H-pyrrole nitrogens is 1. The van der Waals surface area contributed by atoms with Crippen LogP contribution in [0.25, 0.3) is 22.4 Å². The molecule has 1 amide bonds. The number of hydrogen-bond donors (Lipinski definition) is 3. The van der Waals surface area contributed by atoms with E-state index < -0.39 is 4.92 Å². The molecule has 0 spiro atoms. The number of aromatic nitrogens is 2. The van der Waals surface area contributed by atoms with Gasteiger partial charge in [0.2, 0.25) is 5.91 Å². The fourth-order valence-electron chi connectivity index (χ4n) is 2.75. The second-order valence-electron chi connectivity index (χ2n) is 5.88. The maximum absolute atomic E-state index is 12.1. The minimum Gasteiger partial charge on any atom is -0.338 e. The summed E-state index contributed by atoms with van der Waals surface area (Å²) in [7, 11) is 0. The lowest BCUT2D eigenvalue weighted by atomic mass is 10.2. The van der Waals surface area contributed by atoms with Crippen molar-refractivity contribution in [3.63, 3.8) is 0 Å². The lowest BCUT2D eigenvalue weighted by Gasteiger charge is -2.10. The van der Waals surface area contributed by atoms with Gasteiger partial charge in [0.05, 0.1) is 22.0 Å². The molecule has 1 unspecified atom stereocenters. The van der Waals surface area contributed by atoms with E-state index in [-0.39, 0.29) is 17.6 Å². The molecule has 0 radical (unpaired) electrons. The fourth-order valence-corrected chi connectivity index (χ4v) is 3.69. The number of hydrogen-bond acceptors (Lipinski definition) is 6. The molecule has 1 aliphatic heterocycles. The van der Waals surface area contributed by atoms with Gasteiger partial charge in [-0.15, -0.1) is 11.8 Å². The average Bonchev–Trinajstić information content (AvgIpc) is 3.31. The number of nitrogens with zero attached hydrogens (tertiary/aromatic N) is 2. The van der Waals surface area contributed by atoms with Crippen LogP contribution in [0.2, 0.25) is 0 Å². The lowest BCUT2D eigenvalue weighted by Crippen LogP contribution is -2.37. The van der Waals surface area contributed by atoms with Crippen molar-refractivity contribution < 1.29 is 9.72 Å². The van der Waals surface area contributed by atoms with Crippen molar-refractivity contribution in [2.24, 2.45) is 0 Å². The molecule has 3 aromatic rings. The van der Waals surface area contributed by atoms with Crippen molar-refractivity contribution in [1.82, 2.24) is 15.3 Å². The van der Waals surface area contributed by atoms with Gasteiger partial charge < -0.3 is 10.3 Å². The molecule has 0 aliphatic carbocycles. The molecule has 0 saturated carbocycles. The predicted octanol–water partition coefficient (Wildman–Crippen LogP) is 2.74. The molecule has 0 bridgehead atoms. The lowest BCUT2D eigenvalue weighted by molar-refractivity contribution is -0.384. The number of benzene rings is 2. The number of thioether (sulfide) groups is 1. The number of nitrogens with one attached hydrogen (secondary N) is 3. The highest BCUT2D eigenvalue weighted by Crippen LogP contribution is 2.25. The van der Waals surface area contributed by atoms with E-state index in [2.05, 4.69) is 20.6 Å². The number of rotatable bonds is 4. The number of aromatic amines is 1. The number of fused-ring (bicyclic) bond motifs is 1. The third-order valence-corrected chi connectivity index (χ3v) is 5.07. The van der Waals surface area contributed by atoms with Gasteiger partial charge in [-0.1, -0.05) is 0 Å². The van der Waals surface area contributed by atoms with Crippen molar-refractivity contribution in [2.45, 2.75) is 6.04 Å². The first-order valence-corrected chi connectivity index (χ1v) is 9.12. The van der Waals surface area contributed by atoms with Crippen LogP contribution in [-0.4, -0.2) is 38.5 Å². The highest BCUT2D eigenvalue weighted by atomic mass is 32.2. The van der Waals surface area contributed by atoms with Crippen LogP contribution in [0.4, 0.5) is 11.4 Å². The Balaban J connectivity index is 1.53. The zero-order chi connectivity index (χ0) is 18.1. The molecule has 9 heteroatoms. The van der Waals surface area contributed by atoms with E-state index in [9.17, 15) is 14.9 Å². The van der Waals surface area contributed by atoms with Crippen LogP contribution in [-0.2, 0) is 4.79 Å². The summed E-state index contributed by atoms with van der Waals surface area (Å²) < 4.78 is 0. The normalized spacial score (nSPS) is 16.7. The molecule has 1 fully saturated rings. The number of non-ortho nitro benzene ring substituents is 1. The summed E-state index contributed by atoms with van der Waals surface area (Å²) in [6.07, 6.45) is 0. The van der Waals surface area contributed by atoms with Crippen LogP contribution in [0.3, 0.4) is 0 Å². The van der Waals surface area contributed by atoms with E-state index in [0.29, 0.717) is 22.5 Å². The fraction of sp³-hybridized carbons (Fsp3) is 0.176. The third kappa shape index (κ3) is 3.26. The Hall–Kier alpha value is -2.91. The number of amides is 1. The topological polar surface area (TPSA) is 113 Å². The maximum Gasteiger partial charge on any atom is 0.271 e. The third-order valence-electron chi connectivity index (χ3n) is 4.13. The van der Waals surface area contributed by atoms with E-state index in [4.69, 9.17) is 0 Å². The molecule has 1 saturated heterocycles. The van der Waals surface area contributed by atoms with Crippen molar-refractivity contribution in [3.8, 4) is 11.4 Å². The number of nitro groups is 1. The summed E-state index contributed by atoms with van der Waals surface area (Å²) in [6.45, 7) is 0. The van der Waals surface area contributed by atoms with Crippen LogP contribution in [0.15, 0.2) is 42.5 Å². The van der Waals surface area contributed by atoms with Crippen LogP contribution >= 0.6 is 11.8 Å². The minimum absolute atomic E-state index is 0.0180. The Morgan fingerprint density at radius 1 is 1.27 bits per heavy atom. The summed E-state index contributed by atoms with van der Waals surface area (Å²) in [6, 6.07) is 11.7. The number of nitro benzene ring substituents is 1. The summed E-state index contributed by atoms with van der Waals surface area (Å²) in [5, 5.41) is 16.9. The Morgan fingerprint density at radius 2 is 2.08 bits per heavy atom. The Bertz CT molecular complexity index is 980. The molecule has 8 nitrogen and oxygen atoms in total. The molecular formula is C17H15N5O3S. The summed E-state index contributed by atoms with van der Waals surface area (Å²) in [5.74, 6) is 2.14. The molecule has 4 rings (SSSR count). The van der Waals surface area contributed by atoms with Gasteiger partial charge in [-0.25, -0.2) is 4.98 Å². The SMILES string of the molecule is O=C(Nc1ccc(-c2nc3ccc([N+](=O)[O-])cc3[nH]2)cc1)C1CSCN1. The Kier molecular flexibility index (Phi) is 4.31. The predicted molar refractivity (Wildman–Crippen MR) is 101 cm³/mol. The zero-order valence-corrected chi connectivity index (χ0v) is 14.4. The van der Waals surface area contributed by atoms with Gasteiger partial charge in [0, 0.05) is 35.0 Å². The van der Waals surface area contributed by atoms with Crippen LogP contribution < -0.4 is 10.6 Å². The van der Waals surface area contributed by atoms with Crippen LogP contribution in [0.1, 0.15) is 0 Å². The molecule has 2 aromatic carbocycles. The quantitative estimate of drug-likeness (QED) is 0.481. The van der Waals surface area contributed by atoms with Crippen molar-refractivity contribution in [3.05, 3.63) is 52.6 Å². The highest BCUT2D eigenvalue weighted by molar-refractivity contribution is 7.99. The van der Waals surface area contributed by atoms with Gasteiger partial charge in [0.25, 0.3) is 5.69 Å². The number of carbonyl (C=O) groups is 1. The molecule has 1 aliphatic rings. The molecule has 132 valence electrons. The van der Waals surface area contributed by atoms with Gasteiger partial charge in [-0.05, 0) is 30.3 Å². The van der Waals surface area contributed by atoms with Gasteiger partial charge in [0.15, 0.2) is 0 Å². The molecule has 1 aromatic heterocycles.